The molecular weight excluding hydrogens is 466 g/mol. The maximum atomic E-state index is 13.1. The Balaban J connectivity index is 1.95. The van der Waals surface area contributed by atoms with Gasteiger partial charge in [0.1, 0.15) is 17.4 Å². The summed E-state index contributed by atoms with van der Waals surface area (Å²) in [5, 5.41) is 22.3. The van der Waals surface area contributed by atoms with Crippen molar-refractivity contribution in [3.8, 4) is 0 Å². The van der Waals surface area contributed by atoms with E-state index in [1.165, 1.54) is 43.4 Å². The quantitative estimate of drug-likeness (QED) is 0.244. The number of amides is 2. The molecule has 0 saturated heterocycles. The highest BCUT2D eigenvalue weighted by molar-refractivity contribution is 7.89. The number of nitrogens with zero attached hydrogens (tertiary/aromatic N) is 1. The lowest BCUT2D eigenvalue weighted by Crippen LogP contribution is -2.38. The number of nitrogens with two attached hydrogens (primary N) is 1. The Morgan fingerprint density at radius 2 is 1.71 bits per heavy atom. The minimum atomic E-state index is -3.78. The first-order chi connectivity index (χ1) is 15.9. The van der Waals surface area contributed by atoms with E-state index in [-0.39, 0.29) is 38.9 Å². The van der Waals surface area contributed by atoms with Gasteiger partial charge >= 0.3 is 0 Å². The van der Waals surface area contributed by atoms with Gasteiger partial charge in [-0.1, -0.05) is 13.0 Å². The third kappa shape index (κ3) is 5.25. The molecule has 182 valence electrons. The maximum absolute atomic E-state index is 13.1. The van der Waals surface area contributed by atoms with Crippen LogP contribution in [0.15, 0.2) is 50.5 Å². The number of nitrogens with one attached hydrogen (secondary N) is 1. The SMILES string of the molecule is CCN(C)S(=O)(=O)c1ccc2oc3ccc(C(O)CC(=O)NC(O)CC(N)=O)cc3c(=O)c2c1. The second kappa shape index (κ2) is 9.89. The van der Waals surface area contributed by atoms with Crippen LogP contribution in [0.3, 0.4) is 0 Å². The lowest BCUT2D eigenvalue weighted by molar-refractivity contribution is -0.127. The molecule has 2 aromatic carbocycles. The molecule has 2 amide bonds. The first-order valence-electron chi connectivity index (χ1n) is 10.3. The van der Waals surface area contributed by atoms with Crippen molar-refractivity contribution in [2.45, 2.75) is 37.0 Å². The summed E-state index contributed by atoms with van der Waals surface area (Å²) < 4.78 is 32.2. The Hall–Kier alpha value is -3.32. The molecule has 1 heterocycles. The van der Waals surface area contributed by atoms with Gasteiger partial charge in [-0.05, 0) is 35.9 Å². The van der Waals surface area contributed by atoms with E-state index in [2.05, 4.69) is 5.32 Å². The molecule has 0 fully saturated rings. The Labute approximate surface area is 194 Å². The second-order valence-corrected chi connectivity index (χ2v) is 9.78. The smallest absolute Gasteiger partial charge is 0.242 e. The minimum Gasteiger partial charge on any atom is -0.456 e. The van der Waals surface area contributed by atoms with E-state index < -0.39 is 52.4 Å². The molecule has 11 nitrogen and oxygen atoms in total. The number of hydrogen-bond acceptors (Lipinski definition) is 8. The van der Waals surface area contributed by atoms with Crippen LogP contribution in [0, 0.1) is 0 Å². The van der Waals surface area contributed by atoms with Gasteiger partial charge < -0.3 is 25.7 Å². The van der Waals surface area contributed by atoms with Gasteiger partial charge in [0, 0.05) is 13.6 Å². The largest absolute Gasteiger partial charge is 0.456 e. The first kappa shape index (κ1) is 25.3. The molecule has 2 atom stereocenters. The van der Waals surface area contributed by atoms with Crippen molar-refractivity contribution in [2.24, 2.45) is 5.73 Å². The van der Waals surface area contributed by atoms with Crippen LogP contribution in [-0.4, -0.2) is 54.6 Å². The number of hydrogen-bond donors (Lipinski definition) is 4. The summed E-state index contributed by atoms with van der Waals surface area (Å²) in [5.41, 5.74) is 5.10. The van der Waals surface area contributed by atoms with Crippen molar-refractivity contribution in [3.05, 3.63) is 52.2 Å². The fourth-order valence-electron chi connectivity index (χ4n) is 3.35. The summed E-state index contributed by atoms with van der Waals surface area (Å²) in [5.74, 6) is -1.54. The van der Waals surface area contributed by atoms with Crippen molar-refractivity contribution in [1.29, 1.82) is 0 Å². The highest BCUT2D eigenvalue weighted by Gasteiger charge is 2.22. The van der Waals surface area contributed by atoms with E-state index in [0.717, 1.165) is 4.31 Å². The van der Waals surface area contributed by atoms with Crippen molar-refractivity contribution in [2.75, 3.05) is 13.6 Å². The van der Waals surface area contributed by atoms with Crippen LogP contribution in [0.4, 0.5) is 0 Å². The summed E-state index contributed by atoms with van der Waals surface area (Å²) in [6, 6.07) is 8.32. The molecule has 1 aromatic heterocycles. The van der Waals surface area contributed by atoms with Gasteiger partial charge in [0.25, 0.3) is 0 Å². The van der Waals surface area contributed by atoms with Crippen LogP contribution < -0.4 is 16.5 Å². The predicted molar refractivity (Wildman–Crippen MR) is 123 cm³/mol. The third-order valence-corrected chi connectivity index (χ3v) is 7.23. The normalized spacial score (nSPS) is 13.8. The van der Waals surface area contributed by atoms with Crippen molar-refractivity contribution >= 4 is 43.8 Å². The number of sulfonamides is 1. The van der Waals surface area contributed by atoms with Gasteiger partial charge in [-0.2, -0.15) is 0 Å². The number of carbonyl (C=O) groups excluding carboxylic acids is 2. The summed E-state index contributed by atoms with van der Waals surface area (Å²) in [7, 11) is -2.35. The molecule has 0 saturated carbocycles. The number of rotatable bonds is 9. The Bertz CT molecular complexity index is 1420. The van der Waals surface area contributed by atoms with Crippen molar-refractivity contribution in [1.82, 2.24) is 9.62 Å². The zero-order chi connectivity index (χ0) is 25.2. The van der Waals surface area contributed by atoms with E-state index in [0.29, 0.717) is 0 Å². The molecule has 0 aliphatic rings. The monoisotopic (exact) mass is 491 g/mol. The standard InChI is InChI=1S/C22H25N3O8S/c1-3-25(2)34(31,32)13-5-7-18-15(9-13)22(30)14-8-12(4-6-17(14)33-18)16(26)10-20(28)24-21(29)11-19(23)27/h4-9,16,21,26,29H,3,10-11H2,1-2H3,(H2,23,27)(H,24,28). The third-order valence-electron chi connectivity index (χ3n) is 5.30. The van der Waals surface area contributed by atoms with Crippen LogP contribution in [-0.2, 0) is 19.6 Å². The fraction of sp³-hybridized carbons (Fsp3) is 0.318. The molecule has 0 spiro atoms. The highest BCUT2D eigenvalue weighted by atomic mass is 32.2. The van der Waals surface area contributed by atoms with Crippen LogP contribution in [0.1, 0.15) is 31.4 Å². The molecule has 12 heteroatoms. The van der Waals surface area contributed by atoms with Gasteiger partial charge in [0.2, 0.25) is 27.3 Å². The minimum absolute atomic E-state index is 0.0528. The molecule has 3 rings (SSSR count). The summed E-state index contributed by atoms with van der Waals surface area (Å²) in [6.07, 6.45) is -3.74. The topological polar surface area (TPSA) is 180 Å². The Kier molecular flexibility index (Phi) is 7.36. The van der Waals surface area contributed by atoms with Crippen LogP contribution in [0.25, 0.3) is 21.9 Å². The zero-order valence-electron chi connectivity index (χ0n) is 18.5. The van der Waals surface area contributed by atoms with Gasteiger partial charge in [-0.3, -0.25) is 14.4 Å². The number of aliphatic hydroxyl groups is 2. The molecule has 0 radical (unpaired) electrons. The van der Waals surface area contributed by atoms with E-state index in [9.17, 15) is 33.0 Å². The van der Waals surface area contributed by atoms with Gasteiger partial charge in [-0.25, -0.2) is 12.7 Å². The molecule has 0 aliphatic carbocycles. The lowest BCUT2D eigenvalue weighted by atomic mass is 10.0. The molecule has 2 unspecified atom stereocenters. The first-order valence-corrected chi connectivity index (χ1v) is 11.8. The maximum Gasteiger partial charge on any atom is 0.242 e. The average Bonchev–Trinajstić information content (AvgIpc) is 2.77. The van der Waals surface area contributed by atoms with Crippen molar-refractivity contribution in [3.63, 3.8) is 0 Å². The number of primary amides is 1. The van der Waals surface area contributed by atoms with Gasteiger partial charge in [0.05, 0.1) is 34.6 Å². The van der Waals surface area contributed by atoms with Crippen LogP contribution in [0.5, 0.6) is 0 Å². The van der Waals surface area contributed by atoms with Gasteiger partial charge in [0.15, 0.2) is 0 Å². The number of fused-ring (bicyclic) bond motifs is 2. The van der Waals surface area contributed by atoms with E-state index in [1.807, 2.05) is 0 Å². The molecule has 34 heavy (non-hydrogen) atoms. The van der Waals surface area contributed by atoms with Crippen molar-refractivity contribution < 1.29 is 32.6 Å². The molecular formula is C22H25N3O8S. The number of benzene rings is 2. The Morgan fingerprint density at radius 3 is 2.32 bits per heavy atom. The average molecular weight is 492 g/mol. The highest BCUT2D eigenvalue weighted by Crippen LogP contribution is 2.26. The molecule has 0 bridgehead atoms. The van der Waals surface area contributed by atoms with E-state index in [4.69, 9.17) is 10.2 Å². The predicted octanol–water partition coefficient (Wildman–Crippen LogP) is 0.320. The van der Waals surface area contributed by atoms with Crippen LogP contribution >= 0.6 is 0 Å². The number of aliphatic hydroxyl groups excluding tert-OH is 2. The molecule has 3 aromatic rings. The summed E-state index contributed by atoms with van der Waals surface area (Å²) >= 11 is 0. The van der Waals surface area contributed by atoms with E-state index in [1.54, 1.807) is 6.92 Å². The van der Waals surface area contributed by atoms with Crippen LogP contribution in [0.2, 0.25) is 0 Å². The fourth-order valence-corrected chi connectivity index (χ4v) is 4.56. The zero-order valence-corrected chi connectivity index (χ0v) is 19.3. The molecule has 5 N–H and O–H groups in total. The second-order valence-electron chi connectivity index (χ2n) is 7.74. The summed E-state index contributed by atoms with van der Waals surface area (Å²) in [6.45, 7) is 1.94. The Morgan fingerprint density at radius 1 is 1.09 bits per heavy atom. The molecule has 0 aliphatic heterocycles. The lowest BCUT2D eigenvalue weighted by Gasteiger charge is -2.15. The van der Waals surface area contributed by atoms with E-state index >= 15 is 0 Å². The van der Waals surface area contributed by atoms with Gasteiger partial charge in [-0.15, -0.1) is 0 Å². The number of carbonyl (C=O) groups is 2. The summed E-state index contributed by atoms with van der Waals surface area (Å²) in [4.78, 5) is 35.9.